The Morgan fingerprint density at radius 3 is 1.09 bits per heavy atom. The Hall–Kier alpha value is -1.19. The van der Waals surface area contributed by atoms with Gasteiger partial charge in [0.05, 0.1) is 24.4 Å². The van der Waals surface area contributed by atoms with Crippen LogP contribution in [0.25, 0.3) is 0 Å². The van der Waals surface area contributed by atoms with Gasteiger partial charge in [0, 0.05) is 83.4 Å². The fourth-order valence-electron chi connectivity index (χ4n) is 11.8. The molecule has 512 valence electrons. The summed E-state index contributed by atoms with van der Waals surface area (Å²) >= 11 is 0. The van der Waals surface area contributed by atoms with Gasteiger partial charge in [-0.2, -0.15) is 0 Å². The maximum atomic E-state index is 13.0. The van der Waals surface area contributed by atoms with E-state index in [9.17, 15) is 25.2 Å². The number of aliphatic hydroxyl groups is 4. The van der Waals surface area contributed by atoms with Gasteiger partial charge in [-0.25, -0.2) is 0 Å². The normalized spacial score (nSPS) is 15.2. The summed E-state index contributed by atoms with van der Waals surface area (Å²) in [5.41, 5.74) is 0. The van der Waals surface area contributed by atoms with Crippen LogP contribution in [0.2, 0.25) is 0 Å². The van der Waals surface area contributed by atoms with E-state index in [0.29, 0.717) is 52.2 Å². The molecular formula is C75H144N4O6S2. The van der Waals surface area contributed by atoms with Crippen LogP contribution in [0.5, 0.6) is 0 Å². The zero-order chi connectivity index (χ0) is 63.0. The number of hydrogen-bond donors (Lipinski definition) is 4. The Morgan fingerprint density at radius 1 is 0.391 bits per heavy atom. The van der Waals surface area contributed by atoms with Crippen LogP contribution in [0.15, 0.2) is 48.6 Å². The van der Waals surface area contributed by atoms with E-state index >= 15 is 0 Å². The molecule has 1 aliphatic heterocycles. The van der Waals surface area contributed by atoms with Crippen molar-refractivity contribution < 1.29 is 30.0 Å². The van der Waals surface area contributed by atoms with Gasteiger partial charge in [0.25, 0.3) is 0 Å². The number of hydrogen-bond acceptors (Lipinski definition) is 12. The van der Waals surface area contributed by atoms with Crippen LogP contribution in [-0.4, -0.2) is 167 Å². The second kappa shape index (κ2) is 66.3. The molecule has 0 aromatic carbocycles. The van der Waals surface area contributed by atoms with Crippen molar-refractivity contribution >= 4 is 27.6 Å². The molecule has 87 heavy (non-hydrogen) atoms. The first kappa shape index (κ1) is 83.8. The van der Waals surface area contributed by atoms with Crippen LogP contribution < -0.4 is 0 Å². The molecule has 1 fully saturated rings. The standard InChI is InChI=1S/C75H144N4O6S2/c1-5-9-13-17-21-25-27-29-31-33-35-39-43-47-51-71(80)67-78(68-72(81)52-48-44-40-36-34-32-30-28-26-22-18-14-10-6-2)56-49-55-75(84)85-64-62-76-58-60-77(61-59-76)63-66-87-86-65-50-57-79(69-73(82)53-45-41-37-23-19-15-11-7-3)70-74(83)54-46-42-38-24-20-16-12-8-4/h21-22,25-26,29-32,71-74,80-83H,5-20,23-24,27-28,33-70H2,1-4H3/b25-21-,26-22-,31-29-,32-30-. The number of carbonyl (C=O) groups is 1. The number of piperazine rings is 1. The summed E-state index contributed by atoms with van der Waals surface area (Å²) in [4.78, 5) is 22.5. The van der Waals surface area contributed by atoms with Crippen LogP contribution in [0.3, 0.4) is 0 Å². The van der Waals surface area contributed by atoms with Gasteiger partial charge in [-0.05, 0) is 116 Å². The molecule has 1 aliphatic rings. The molecule has 0 aliphatic carbocycles. The molecule has 1 heterocycles. The van der Waals surface area contributed by atoms with Crippen molar-refractivity contribution in [2.75, 3.05) is 96.6 Å². The minimum atomic E-state index is -0.440. The van der Waals surface area contributed by atoms with Crippen molar-refractivity contribution in [3.8, 4) is 0 Å². The monoisotopic (exact) mass is 1260 g/mol. The number of rotatable bonds is 67. The maximum absolute atomic E-state index is 13.0. The maximum Gasteiger partial charge on any atom is 0.305 e. The molecule has 0 radical (unpaired) electrons. The summed E-state index contributed by atoms with van der Waals surface area (Å²) in [5.74, 6) is 2.02. The van der Waals surface area contributed by atoms with E-state index in [4.69, 9.17) is 4.74 Å². The minimum Gasteiger partial charge on any atom is -0.464 e. The molecule has 4 atom stereocenters. The SMILES string of the molecule is CCCCC/C=C\C/C=C\CCCCCCC(O)CN(CCCC(=O)OCCN1CCN(CCSSCCCN(CC(O)CCCCCCCCCC)CC(O)CCCCCCCCCC)CC1)CC(O)CCCCCC/C=C\C/C=C\CCCCC. The van der Waals surface area contributed by atoms with Gasteiger partial charge in [-0.1, -0.05) is 265 Å². The molecule has 10 nitrogen and oxygen atoms in total. The molecule has 1 saturated heterocycles. The number of ether oxygens (including phenoxy) is 1. The van der Waals surface area contributed by atoms with E-state index in [1.54, 1.807) is 0 Å². The average molecular weight is 1260 g/mol. The Kier molecular flexibility index (Phi) is 63.9. The number of allylic oxidation sites excluding steroid dienone is 8. The van der Waals surface area contributed by atoms with Gasteiger partial charge in [0.1, 0.15) is 6.61 Å². The van der Waals surface area contributed by atoms with E-state index in [-0.39, 0.29) is 18.2 Å². The van der Waals surface area contributed by atoms with E-state index in [1.807, 2.05) is 21.6 Å². The summed E-state index contributed by atoms with van der Waals surface area (Å²) in [6.45, 7) is 19.3. The fraction of sp³-hybridized carbons (Fsp3) is 0.880. The van der Waals surface area contributed by atoms with E-state index in [1.165, 1.54) is 167 Å². The molecule has 0 aromatic rings. The molecule has 1 rings (SSSR count). The highest BCUT2D eigenvalue weighted by Crippen LogP contribution is 2.23. The second-order valence-corrected chi connectivity index (χ2v) is 28.7. The van der Waals surface area contributed by atoms with Gasteiger partial charge in [0.2, 0.25) is 0 Å². The molecule has 0 amide bonds. The summed E-state index contributed by atoms with van der Waals surface area (Å²) in [6.07, 6.45) is 66.2. The van der Waals surface area contributed by atoms with Gasteiger partial charge in [-0.15, -0.1) is 0 Å². The summed E-state index contributed by atoms with van der Waals surface area (Å²) < 4.78 is 5.76. The van der Waals surface area contributed by atoms with Crippen molar-refractivity contribution in [3.05, 3.63) is 48.6 Å². The predicted molar refractivity (Wildman–Crippen MR) is 383 cm³/mol. The van der Waals surface area contributed by atoms with E-state index < -0.39 is 12.2 Å². The zero-order valence-electron chi connectivity index (χ0n) is 57.7. The van der Waals surface area contributed by atoms with Gasteiger partial charge >= 0.3 is 5.97 Å². The molecule has 12 heteroatoms. The number of carbonyl (C=O) groups excluding carboxylic acids is 1. The van der Waals surface area contributed by atoms with Gasteiger partial charge < -0.3 is 25.2 Å². The molecule has 4 unspecified atom stereocenters. The third kappa shape index (κ3) is 59.6. The Bertz CT molecular complexity index is 1470. The topological polar surface area (TPSA) is 120 Å². The number of unbranched alkanes of at least 4 members (excludes halogenated alkanes) is 28. The van der Waals surface area contributed by atoms with Crippen LogP contribution in [0.4, 0.5) is 0 Å². The first-order valence-corrected chi connectivity index (χ1v) is 39.8. The van der Waals surface area contributed by atoms with Crippen LogP contribution >= 0.6 is 21.6 Å². The first-order chi connectivity index (χ1) is 42.7. The van der Waals surface area contributed by atoms with E-state index in [2.05, 4.69) is 95.9 Å². The summed E-state index contributed by atoms with van der Waals surface area (Å²) in [5, 5.41) is 44.4. The number of nitrogens with zero attached hydrogens (tertiary/aromatic N) is 4. The largest absolute Gasteiger partial charge is 0.464 e. The zero-order valence-corrected chi connectivity index (χ0v) is 59.3. The quantitative estimate of drug-likeness (QED) is 0.0201. The summed E-state index contributed by atoms with van der Waals surface area (Å²) in [6, 6.07) is 0. The molecule has 0 aromatic heterocycles. The number of esters is 1. The molecule has 0 saturated carbocycles. The smallest absolute Gasteiger partial charge is 0.305 e. The predicted octanol–water partition coefficient (Wildman–Crippen LogP) is 18.7. The minimum absolute atomic E-state index is 0.155. The van der Waals surface area contributed by atoms with Crippen molar-refractivity contribution in [3.63, 3.8) is 0 Å². The fourth-order valence-corrected chi connectivity index (χ4v) is 13.9. The molecule has 4 N–H and O–H groups in total. The lowest BCUT2D eigenvalue weighted by atomic mass is 10.0. The Labute approximate surface area is 547 Å². The van der Waals surface area contributed by atoms with Crippen LogP contribution in [0.1, 0.15) is 304 Å². The highest BCUT2D eigenvalue weighted by molar-refractivity contribution is 8.76. The summed E-state index contributed by atoms with van der Waals surface area (Å²) in [7, 11) is 3.94. The lowest BCUT2D eigenvalue weighted by Crippen LogP contribution is -2.47. The lowest BCUT2D eigenvalue weighted by molar-refractivity contribution is -0.144. The van der Waals surface area contributed by atoms with Gasteiger partial charge in [-0.3, -0.25) is 24.4 Å². The Morgan fingerprint density at radius 2 is 0.701 bits per heavy atom. The lowest BCUT2D eigenvalue weighted by Gasteiger charge is -2.34. The van der Waals surface area contributed by atoms with Crippen molar-refractivity contribution in [2.24, 2.45) is 0 Å². The average Bonchev–Trinajstić information content (AvgIpc) is 3.61. The van der Waals surface area contributed by atoms with Crippen LogP contribution in [0, 0.1) is 0 Å². The highest BCUT2D eigenvalue weighted by atomic mass is 33.1. The second-order valence-electron chi connectivity index (χ2n) is 26.0. The molecular weight excluding hydrogens is 1120 g/mol. The van der Waals surface area contributed by atoms with Crippen molar-refractivity contribution in [2.45, 2.75) is 328 Å². The van der Waals surface area contributed by atoms with Crippen molar-refractivity contribution in [1.82, 2.24) is 19.6 Å². The highest BCUT2D eigenvalue weighted by Gasteiger charge is 2.20. The third-order valence-corrected chi connectivity index (χ3v) is 19.9. The van der Waals surface area contributed by atoms with Crippen LogP contribution in [-0.2, 0) is 9.53 Å². The van der Waals surface area contributed by atoms with Crippen molar-refractivity contribution in [1.29, 1.82) is 0 Å². The number of aliphatic hydroxyl groups excluding tert-OH is 4. The Balaban J connectivity index is 2.44. The van der Waals surface area contributed by atoms with Gasteiger partial charge in [0.15, 0.2) is 0 Å². The first-order valence-electron chi connectivity index (χ1n) is 37.3. The third-order valence-electron chi connectivity index (χ3n) is 17.4. The van der Waals surface area contributed by atoms with E-state index in [0.717, 1.165) is 154 Å². The molecule has 0 spiro atoms. The molecule has 0 bridgehead atoms.